The van der Waals surface area contributed by atoms with Crippen LogP contribution in [0, 0.1) is 0 Å². The average molecular weight is 301 g/mol. The summed E-state index contributed by atoms with van der Waals surface area (Å²) in [6.07, 6.45) is 2.33. The van der Waals surface area contributed by atoms with Gasteiger partial charge in [0.05, 0.1) is 18.1 Å². The van der Waals surface area contributed by atoms with Crippen molar-refractivity contribution in [1.29, 1.82) is 0 Å². The third kappa shape index (κ3) is 3.22. The van der Waals surface area contributed by atoms with Gasteiger partial charge in [0, 0.05) is 31.0 Å². The molecule has 1 atom stereocenters. The van der Waals surface area contributed by atoms with E-state index < -0.39 is 10.0 Å². The molecule has 0 bridgehead atoms. The van der Waals surface area contributed by atoms with Crippen molar-refractivity contribution in [3.63, 3.8) is 0 Å². The zero-order valence-electron chi connectivity index (χ0n) is 12.1. The van der Waals surface area contributed by atoms with E-state index in [1.165, 1.54) is 0 Å². The number of aromatic nitrogens is 1. The SMILES string of the molecule is CCNCc1cc(S(=O)(=O)N2CCOCC2CC)c[nH]1. The van der Waals surface area contributed by atoms with Crippen molar-refractivity contribution in [1.82, 2.24) is 14.6 Å². The van der Waals surface area contributed by atoms with E-state index in [4.69, 9.17) is 4.74 Å². The van der Waals surface area contributed by atoms with Gasteiger partial charge in [0.1, 0.15) is 0 Å². The molecule has 2 rings (SSSR count). The molecule has 0 spiro atoms. The number of ether oxygens (including phenoxy) is 1. The van der Waals surface area contributed by atoms with Crippen molar-refractivity contribution in [2.45, 2.75) is 37.8 Å². The molecule has 2 heterocycles. The molecule has 7 heteroatoms. The van der Waals surface area contributed by atoms with Crippen molar-refractivity contribution in [3.8, 4) is 0 Å². The quantitative estimate of drug-likeness (QED) is 0.819. The number of sulfonamides is 1. The minimum atomic E-state index is -3.43. The molecule has 0 saturated carbocycles. The van der Waals surface area contributed by atoms with E-state index in [0.717, 1.165) is 18.7 Å². The van der Waals surface area contributed by atoms with E-state index in [1.807, 2.05) is 13.8 Å². The molecule has 1 fully saturated rings. The number of morpholine rings is 1. The molecule has 6 nitrogen and oxygen atoms in total. The van der Waals surface area contributed by atoms with E-state index in [-0.39, 0.29) is 6.04 Å². The fraction of sp³-hybridized carbons (Fsp3) is 0.692. The van der Waals surface area contributed by atoms with Gasteiger partial charge in [-0.15, -0.1) is 0 Å². The summed E-state index contributed by atoms with van der Waals surface area (Å²) in [6, 6.07) is 1.64. The van der Waals surface area contributed by atoms with Gasteiger partial charge in [0.15, 0.2) is 0 Å². The molecule has 0 aliphatic carbocycles. The number of hydrogen-bond acceptors (Lipinski definition) is 4. The van der Waals surface area contributed by atoms with Gasteiger partial charge < -0.3 is 15.0 Å². The molecule has 2 N–H and O–H groups in total. The molecule has 1 unspecified atom stereocenters. The van der Waals surface area contributed by atoms with Crippen LogP contribution >= 0.6 is 0 Å². The highest BCUT2D eigenvalue weighted by atomic mass is 32.2. The van der Waals surface area contributed by atoms with E-state index >= 15 is 0 Å². The molecule has 1 aliphatic heterocycles. The summed E-state index contributed by atoms with van der Waals surface area (Å²) in [7, 11) is -3.43. The maximum absolute atomic E-state index is 12.7. The van der Waals surface area contributed by atoms with Crippen LogP contribution in [-0.4, -0.2) is 50.1 Å². The van der Waals surface area contributed by atoms with E-state index in [1.54, 1.807) is 16.6 Å². The first-order chi connectivity index (χ1) is 9.59. The number of aromatic amines is 1. The fourth-order valence-corrected chi connectivity index (χ4v) is 4.03. The molecule has 114 valence electrons. The summed E-state index contributed by atoms with van der Waals surface area (Å²) in [6.45, 7) is 6.86. The van der Waals surface area contributed by atoms with Gasteiger partial charge in [-0.25, -0.2) is 8.42 Å². The van der Waals surface area contributed by atoms with Crippen LogP contribution in [0.15, 0.2) is 17.2 Å². The lowest BCUT2D eigenvalue weighted by molar-refractivity contribution is 0.0314. The molecule has 0 aromatic carbocycles. The fourth-order valence-electron chi connectivity index (χ4n) is 2.34. The maximum atomic E-state index is 12.7. The summed E-state index contributed by atoms with van der Waals surface area (Å²) < 4.78 is 32.3. The van der Waals surface area contributed by atoms with Crippen molar-refractivity contribution < 1.29 is 13.2 Å². The predicted octanol–water partition coefficient (Wildman–Crippen LogP) is 0.924. The van der Waals surface area contributed by atoms with Crippen LogP contribution in [0.1, 0.15) is 26.0 Å². The first-order valence-electron chi connectivity index (χ1n) is 7.07. The maximum Gasteiger partial charge on any atom is 0.244 e. The lowest BCUT2D eigenvalue weighted by atomic mass is 10.2. The topological polar surface area (TPSA) is 74.4 Å². The monoisotopic (exact) mass is 301 g/mol. The minimum absolute atomic E-state index is 0.0686. The summed E-state index contributed by atoms with van der Waals surface area (Å²) in [5, 5.41) is 3.17. The Morgan fingerprint density at radius 3 is 3.00 bits per heavy atom. The van der Waals surface area contributed by atoms with Gasteiger partial charge in [0.2, 0.25) is 10.0 Å². The van der Waals surface area contributed by atoms with Crippen LogP contribution in [0.2, 0.25) is 0 Å². The van der Waals surface area contributed by atoms with Crippen LogP contribution in [0.4, 0.5) is 0 Å². The van der Waals surface area contributed by atoms with Gasteiger partial charge in [-0.1, -0.05) is 13.8 Å². The Labute approximate surface area is 120 Å². The molecule has 0 radical (unpaired) electrons. The van der Waals surface area contributed by atoms with Crippen molar-refractivity contribution in [3.05, 3.63) is 18.0 Å². The highest BCUT2D eigenvalue weighted by Gasteiger charge is 2.33. The molecule has 0 amide bonds. The van der Waals surface area contributed by atoms with E-state index in [2.05, 4.69) is 10.3 Å². The Hall–Kier alpha value is -0.890. The Morgan fingerprint density at radius 2 is 2.30 bits per heavy atom. The number of H-pyrrole nitrogens is 1. The van der Waals surface area contributed by atoms with Crippen molar-refractivity contribution >= 4 is 10.0 Å². The zero-order chi connectivity index (χ0) is 14.6. The summed E-state index contributed by atoms with van der Waals surface area (Å²) in [4.78, 5) is 3.36. The zero-order valence-corrected chi connectivity index (χ0v) is 12.9. The van der Waals surface area contributed by atoms with Crippen molar-refractivity contribution in [2.24, 2.45) is 0 Å². The Bertz CT molecular complexity index is 527. The predicted molar refractivity (Wildman–Crippen MR) is 77.0 cm³/mol. The number of nitrogens with zero attached hydrogens (tertiary/aromatic N) is 1. The smallest absolute Gasteiger partial charge is 0.244 e. The molecule has 1 aromatic rings. The summed E-state index contributed by atoms with van der Waals surface area (Å²) in [5.74, 6) is 0. The van der Waals surface area contributed by atoms with Crippen LogP contribution in [-0.2, 0) is 21.3 Å². The summed E-state index contributed by atoms with van der Waals surface area (Å²) >= 11 is 0. The molecular formula is C13H23N3O3S. The highest BCUT2D eigenvalue weighted by molar-refractivity contribution is 7.89. The largest absolute Gasteiger partial charge is 0.378 e. The van der Waals surface area contributed by atoms with Gasteiger partial charge in [-0.3, -0.25) is 0 Å². The third-order valence-electron chi connectivity index (χ3n) is 3.53. The molecule has 1 aromatic heterocycles. The minimum Gasteiger partial charge on any atom is -0.378 e. The number of nitrogens with one attached hydrogen (secondary N) is 2. The second kappa shape index (κ2) is 6.71. The van der Waals surface area contributed by atoms with Gasteiger partial charge in [-0.05, 0) is 19.0 Å². The van der Waals surface area contributed by atoms with Gasteiger partial charge >= 0.3 is 0 Å². The third-order valence-corrected chi connectivity index (χ3v) is 5.46. The highest BCUT2D eigenvalue weighted by Crippen LogP contribution is 2.22. The van der Waals surface area contributed by atoms with Crippen LogP contribution in [0.25, 0.3) is 0 Å². The normalized spacial score (nSPS) is 21.2. The van der Waals surface area contributed by atoms with E-state index in [9.17, 15) is 8.42 Å². The Balaban J connectivity index is 2.18. The first-order valence-corrected chi connectivity index (χ1v) is 8.51. The lowest BCUT2D eigenvalue weighted by Gasteiger charge is -2.33. The standard InChI is InChI=1S/C13H23N3O3S/c1-3-12-10-19-6-5-16(12)20(17,18)13-7-11(15-9-13)8-14-4-2/h7,9,12,14-15H,3-6,8,10H2,1-2H3. The molecular weight excluding hydrogens is 278 g/mol. The second-order valence-corrected chi connectivity index (χ2v) is 6.78. The van der Waals surface area contributed by atoms with Gasteiger partial charge in [0.25, 0.3) is 0 Å². The first kappa shape index (κ1) is 15.5. The molecule has 1 saturated heterocycles. The number of rotatable bonds is 6. The molecule has 20 heavy (non-hydrogen) atoms. The van der Waals surface area contributed by atoms with Crippen LogP contribution < -0.4 is 5.32 Å². The second-order valence-electron chi connectivity index (χ2n) is 4.89. The lowest BCUT2D eigenvalue weighted by Crippen LogP contribution is -2.48. The van der Waals surface area contributed by atoms with E-state index in [0.29, 0.717) is 31.2 Å². The Morgan fingerprint density at radius 1 is 1.50 bits per heavy atom. The van der Waals surface area contributed by atoms with Crippen molar-refractivity contribution in [2.75, 3.05) is 26.3 Å². The van der Waals surface area contributed by atoms with Crippen LogP contribution in [0.3, 0.4) is 0 Å². The van der Waals surface area contributed by atoms with Crippen LogP contribution in [0.5, 0.6) is 0 Å². The van der Waals surface area contributed by atoms with Gasteiger partial charge in [-0.2, -0.15) is 4.31 Å². The summed E-state index contributed by atoms with van der Waals surface area (Å²) in [5.41, 5.74) is 0.881. The Kier molecular flexibility index (Phi) is 5.20. The average Bonchev–Trinajstić information content (AvgIpc) is 2.94. The number of hydrogen-bond donors (Lipinski definition) is 2. The molecule has 1 aliphatic rings.